The topological polar surface area (TPSA) is 132 Å². The molecule has 11 heteroatoms. The summed E-state index contributed by atoms with van der Waals surface area (Å²) in [5, 5.41) is 20.2. The molecule has 0 radical (unpaired) electrons. The Morgan fingerprint density at radius 1 is 1.29 bits per heavy atom. The van der Waals surface area contributed by atoms with E-state index in [4.69, 9.17) is 11.6 Å². The number of carbonyl (C=O) groups excluding carboxylic acids is 2. The first-order valence-corrected chi connectivity index (χ1v) is 8.94. The average Bonchev–Trinajstić information content (AvgIpc) is 3.11. The number of amides is 2. The second-order valence-corrected chi connectivity index (χ2v) is 7.05. The van der Waals surface area contributed by atoms with Crippen molar-refractivity contribution in [2.24, 2.45) is 5.92 Å². The number of rotatable bonds is 8. The zero-order valence-corrected chi connectivity index (χ0v) is 16.4. The SMILES string of the molecule is CC(Cn1cncn1)NC(=O)C(NC(=O)c1ccc([N+](=O)[O-])cc1Cl)C(C)C. The molecule has 150 valence electrons. The lowest BCUT2D eigenvalue weighted by Gasteiger charge is -2.24. The van der Waals surface area contributed by atoms with Crippen LogP contribution in [0.25, 0.3) is 0 Å². The summed E-state index contributed by atoms with van der Waals surface area (Å²) in [6, 6.07) is 2.50. The van der Waals surface area contributed by atoms with Gasteiger partial charge in [0, 0.05) is 18.2 Å². The normalized spacial score (nSPS) is 13.0. The summed E-state index contributed by atoms with van der Waals surface area (Å²) in [7, 11) is 0. The number of nitro benzene ring substituents is 1. The van der Waals surface area contributed by atoms with Crippen molar-refractivity contribution < 1.29 is 14.5 Å². The van der Waals surface area contributed by atoms with Crippen LogP contribution in [0.2, 0.25) is 5.02 Å². The van der Waals surface area contributed by atoms with Crippen molar-refractivity contribution in [2.45, 2.75) is 39.4 Å². The Kier molecular flexibility index (Phi) is 7.05. The molecule has 1 heterocycles. The number of nitrogens with zero attached hydrogens (tertiary/aromatic N) is 4. The van der Waals surface area contributed by atoms with Gasteiger partial charge in [0.05, 0.1) is 22.1 Å². The number of hydrogen-bond acceptors (Lipinski definition) is 6. The minimum atomic E-state index is -0.808. The van der Waals surface area contributed by atoms with E-state index in [0.717, 1.165) is 6.07 Å². The van der Waals surface area contributed by atoms with E-state index in [1.165, 1.54) is 18.5 Å². The fraction of sp³-hybridized carbons (Fsp3) is 0.412. The van der Waals surface area contributed by atoms with Crippen LogP contribution in [0.3, 0.4) is 0 Å². The van der Waals surface area contributed by atoms with E-state index in [0.29, 0.717) is 6.54 Å². The summed E-state index contributed by atoms with van der Waals surface area (Å²) in [5.41, 5.74) is -0.164. The molecule has 2 aromatic rings. The maximum absolute atomic E-state index is 12.6. The molecule has 28 heavy (non-hydrogen) atoms. The Morgan fingerprint density at radius 2 is 2.00 bits per heavy atom. The molecule has 1 aromatic carbocycles. The van der Waals surface area contributed by atoms with Crippen LogP contribution in [0.5, 0.6) is 0 Å². The zero-order chi connectivity index (χ0) is 20.8. The molecular weight excluding hydrogens is 388 g/mol. The van der Waals surface area contributed by atoms with Crippen molar-refractivity contribution in [3.8, 4) is 0 Å². The van der Waals surface area contributed by atoms with Crippen molar-refractivity contribution in [1.82, 2.24) is 25.4 Å². The van der Waals surface area contributed by atoms with Gasteiger partial charge in [0.1, 0.15) is 18.7 Å². The molecule has 1 aromatic heterocycles. The average molecular weight is 409 g/mol. The molecule has 0 bridgehead atoms. The van der Waals surface area contributed by atoms with Crippen LogP contribution in [-0.4, -0.2) is 43.6 Å². The van der Waals surface area contributed by atoms with Gasteiger partial charge in [0.15, 0.2) is 0 Å². The lowest BCUT2D eigenvalue weighted by Crippen LogP contribution is -2.52. The third-order valence-corrected chi connectivity index (χ3v) is 4.27. The third kappa shape index (κ3) is 5.49. The molecule has 2 amide bonds. The largest absolute Gasteiger partial charge is 0.350 e. The Balaban J connectivity index is 2.06. The molecule has 0 aliphatic heterocycles. The first-order chi connectivity index (χ1) is 13.2. The van der Waals surface area contributed by atoms with Gasteiger partial charge in [-0.3, -0.25) is 24.4 Å². The van der Waals surface area contributed by atoms with Gasteiger partial charge in [-0.1, -0.05) is 25.4 Å². The number of halogens is 1. The molecule has 0 aliphatic rings. The number of non-ortho nitro benzene ring substituents is 1. The van der Waals surface area contributed by atoms with E-state index in [2.05, 4.69) is 20.7 Å². The van der Waals surface area contributed by atoms with Gasteiger partial charge in [-0.15, -0.1) is 0 Å². The second-order valence-electron chi connectivity index (χ2n) is 6.64. The summed E-state index contributed by atoms with van der Waals surface area (Å²) in [6.45, 7) is 5.83. The number of benzene rings is 1. The van der Waals surface area contributed by atoms with E-state index in [-0.39, 0.29) is 34.1 Å². The molecule has 0 saturated heterocycles. The minimum Gasteiger partial charge on any atom is -0.350 e. The van der Waals surface area contributed by atoms with Crippen LogP contribution in [0.1, 0.15) is 31.1 Å². The van der Waals surface area contributed by atoms with Crippen LogP contribution >= 0.6 is 11.6 Å². The summed E-state index contributed by atoms with van der Waals surface area (Å²) in [4.78, 5) is 39.2. The lowest BCUT2D eigenvalue weighted by molar-refractivity contribution is -0.384. The monoisotopic (exact) mass is 408 g/mol. The molecule has 2 N–H and O–H groups in total. The Morgan fingerprint density at radius 3 is 2.54 bits per heavy atom. The lowest BCUT2D eigenvalue weighted by atomic mass is 10.0. The number of aromatic nitrogens is 3. The fourth-order valence-electron chi connectivity index (χ4n) is 2.54. The third-order valence-electron chi connectivity index (χ3n) is 3.96. The van der Waals surface area contributed by atoms with E-state index < -0.39 is 16.9 Å². The van der Waals surface area contributed by atoms with Crippen molar-refractivity contribution >= 4 is 29.1 Å². The second kappa shape index (κ2) is 9.27. The smallest absolute Gasteiger partial charge is 0.270 e. The number of nitro groups is 1. The fourth-order valence-corrected chi connectivity index (χ4v) is 2.80. The van der Waals surface area contributed by atoms with Gasteiger partial charge >= 0.3 is 0 Å². The molecular formula is C17H21ClN6O4. The van der Waals surface area contributed by atoms with Gasteiger partial charge in [0.2, 0.25) is 5.91 Å². The summed E-state index contributed by atoms with van der Waals surface area (Å²) in [6.07, 6.45) is 2.95. The molecule has 2 atom stereocenters. The van der Waals surface area contributed by atoms with E-state index in [1.54, 1.807) is 24.9 Å². The molecule has 10 nitrogen and oxygen atoms in total. The van der Waals surface area contributed by atoms with Crippen LogP contribution in [-0.2, 0) is 11.3 Å². The number of carbonyl (C=O) groups is 2. The predicted molar refractivity (Wildman–Crippen MR) is 102 cm³/mol. The standard InChI is InChI=1S/C17H21ClN6O4/c1-10(2)15(17(26)21-11(3)7-23-9-19-8-20-23)22-16(25)13-5-4-12(24(27)28)6-14(13)18/h4-6,8-11,15H,7H2,1-3H3,(H,21,26)(H,22,25). The highest BCUT2D eigenvalue weighted by Crippen LogP contribution is 2.22. The van der Waals surface area contributed by atoms with Crippen LogP contribution in [0.4, 0.5) is 5.69 Å². The minimum absolute atomic E-state index is 0.0568. The molecule has 0 aliphatic carbocycles. The van der Waals surface area contributed by atoms with Crippen molar-refractivity contribution in [1.29, 1.82) is 0 Å². The maximum atomic E-state index is 12.6. The van der Waals surface area contributed by atoms with Crippen molar-refractivity contribution in [3.63, 3.8) is 0 Å². The van der Waals surface area contributed by atoms with Crippen molar-refractivity contribution in [2.75, 3.05) is 0 Å². The highest BCUT2D eigenvalue weighted by molar-refractivity contribution is 6.34. The zero-order valence-electron chi connectivity index (χ0n) is 15.6. The van der Waals surface area contributed by atoms with E-state index in [9.17, 15) is 19.7 Å². The van der Waals surface area contributed by atoms with E-state index >= 15 is 0 Å². The first-order valence-electron chi connectivity index (χ1n) is 8.56. The van der Waals surface area contributed by atoms with Gasteiger partial charge < -0.3 is 10.6 Å². The van der Waals surface area contributed by atoms with Gasteiger partial charge in [0.25, 0.3) is 11.6 Å². The van der Waals surface area contributed by atoms with Gasteiger partial charge in [-0.2, -0.15) is 5.10 Å². The molecule has 0 fully saturated rings. The van der Waals surface area contributed by atoms with Gasteiger partial charge in [-0.05, 0) is 18.9 Å². The Hall–Kier alpha value is -3.01. The molecule has 0 spiro atoms. The van der Waals surface area contributed by atoms with Crippen LogP contribution in [0.15, 0.2) is 30.9 Å². The van der Waals surface area contributed by atoms with Crippen LogP contribution < -0.4 is 10.6 Å². The summed E-state index contributed by atoms with van der Waals surface area (Å²) < 4.78 is 1.59. The Labute approximate surface area is 166 Å². The highest BCUT2D eigenvalue weighted by Gasteiger charge is 2.27. The van der Waals surface area contributed by atoms with Gasteiger partial charge in [-0.25, -0.2) is 4.98 Å². The number of nitrogens with one attached hydrogen (secondary N) is 2. The Bertz CT molecular complexity index is 855. The summed E-state index contributed by atoms with van der Waals surface area (Å²) >= 11 is 5.99. The first kappa shape index (κ1) is 21.3. The number of hydrogen-bond donors (Lipinski definition) is 2. The molecule has 2 unspecified atom stereocenters. The quantitative estimate of drug-likeness (QED) is 0.505. The van der Waals surface area contributed by atoms with E-state index in [1.807, 2.05) is 6.92 Å². The van der Waals surface area contributed by atoms with Crippen molar-refractivity contribution in [3.05, 3.63) is 51.6 Å². The predicted octanol–water partition coefficient (Wildman–Crippen LogP) is 1.80. The molecule has 0 saturated carbocycles. The maximum Gasteiger partial charge on any atom is 0.270 e. The highest BCUT2D eigenvalue weighted by atomic mass is 35.5. The molecule has 2 rings (SSSR count). The summed E-state index contributed by atoms with van der Waals surface area (Å²) in [5.74, 6) is -1.13. The van der Waals surface area contributed by atoms with Crippen LogP contribution in [0, 0.1) is 16.0 Å².